The van der Waals surface area contributed by atoms with E-state index in [-0.39, 0.29) is 31.4 Å². The Hall–Kier alpha value is -4.98. The summed E-state index contributed by atoms with van der Waals surface area (Å²) in [4.78, 5) is 14.6. The van der Waals surface area contributed by atoms with E-state index in [1.165, 1.54) is 0 Å². The normalized spacial score (nSPS) is 18.4. The van der Waals surface area contributed by atoms with Gasteiger partial charge in [0.25, 0.3) is 5.91 Å². The predicted octanol–water partition coefficient (Wildman–Crippen LogP) is 8.07. The Morgan fingerprint density at radius 3 is 2.07 bits per heavy atom. The molecule has 3 N–H and O–H groups in total. The molecule has 0 aliphatic carbocycles. The summed E-state index contributed by atoms with van der Waals surface area (Å²) >= 11 is 0. The van der Waals surface area contributed by atoms with Gasteiger partial charge in [-0.3, -0.25) is 9.69 Å². The number of carbonyl (C=O) groups is 1. The average molecular weight is 747 g/mol. The molecular formula is C42H39F5N2O5. The lowest BCUT2D eigenvalue weighted by Gasteiger charge is -2.39. The quantitative estimate of drug-likeness (QED) is 0.0680. The van der Waals surface area contributed by atoms with Crippen molar-refractivity contribution in [3.8, 4) is 11.1 Å². The first-order chi connectivity index (χ1) is 25.9. The first-order valence-electron chi connectivity index (χ1n) is 17.4. The van der Waals surface area contributed by atoms with Crippen LogP contribution in [0.1, 0.15) is 70.0 Å². The van der Waals surface area contributed by atoms with Crippen LogP contribution in [0.15, 0.2) is 103 Å². The monoisotopic (exact) mass is 746 g/mol. The topological polar surface area (TPSA) is 91.3 Å². The molecule has 7 nitrogen and oxygen atoms in total. The fourth-order valence-corrected chi connectivity index (χ4v) is 6.49. The fourth-order valence-electron chi connectivity index (χ4n) is 6.49. The van der Waals surface area contributed by atoms with Gasteiger partial charge in [-0.05, 0) is 59.5 Å². The molecule has 54 heavy (non-hydrogen) atoms. The molecule has 1 aliphatic heterocycles. The minimum atomic E-state index is -2.34. The van der Waals surface area contributed by atoms with Crippen LogP contribution >= 0.6 is 0 Å². The molecule has 12 heteroatoms. The number of halogens is 5. The molecule has 1 aliphatic rings. The molecule has 0 unspecified atom stereocenters. The molecule has 6 rings (SSSR count). The third-order valence-electron chi connectivity index (χ3n) is 9.71. The van der Waals surface area contributed by atoms with Gasteiger partial charge in [0, 0.05) is 31.1 Å². The minimum absolute atomic E-state index is 0.0850. The summed E-state index contributed by atoms with van der Waals surface area (Å²) in [5.41, 5.74) is 3.64. The van der Waals surface area contributed by atoms with E-state index in [1.54, 1.807) is 18.2 Å². The van der Waals surface area contributed by atoms with Gasteiger partial charge in [0.2, 0.25) is 5.82 Å². The molecule has 0 bridgehead atoms. The molecule has 0 radical (unpaired) electrons. The molecule has 1 heterocycles. The Kier molecular flexibility index (Phi) is 12.2. The molecule has 1 saturated heterocycles. The van der Waals surface area contributed by atoms with E-state index < -0.39 is 53.0 Å². The molecule has 1 amide bonds. The first kappa shape index (κ1) is 38.7. The van der Waals surface area contributed by atoms with Crippen molar-refractivity contribution in [3.05, 3.63) is 166 Å². The zero-order chi connectivity index (χ0) is 38.5. The van der Waals surface area contributed by atoms with E-state index in [1.807, 2.05) is 98.9 Å². The smallest absolute Gasteiger partial charge is 0.257 e. The number of hydrogen-bond acceptors (Lipinski definition) is 6. The van der Waals surface area contributed by atoms with Gasteiger partial charge in [0.15, 0.2) is 29.6 Å². The second-order valence-electron chi connectivity index (χ2n) is 13.3. The van der Waals surface area contributed by atoms with E-state index in [2.05, 4.69) is 10.2 Å². The number of likely N-dealkylation sites (N-methyl/N-ethyl adjacent to an activating group) is 1. The van der Waals surface area contributed by atoms with Gasteiger partial charge in [0.1, 0.15) is 5.56 Å². The third kappa shape index (κ3) is 8.53. The SMILES string of the molecule is C[C@@H]([C@H](O)c1ccccc1)N(C)C[C@@H]1C[C@H](c2ccc(CO)cc2)O[C@H](c2cccc(-c3cccc(CNC(=O)c4c(F)c(F)c(F)c(F)c4F)c3)c2)O1. The van der Waals surface area contributed by atoms with Crippen LogP contribution in [0.2, 0.25) is 0 Å². The summed E-state index contributed by atoms with van der Waals surface area (Å²) in [5.74, 6) is -12.6. The molecule has 5 aromatic carbocycles. The number of nitrogens with one attached hydrogen (secondary N) is 1. The van der Waals surface area contributed by atoms with Crippen molar-refractivity contribution in [1.29, 1.82) is 0 Å². The number of nitrogens with zero attached hydrogens (tertiary/aromatic N) is 1. The van der Waals surface area contributed by atoms with Crippen molar-refractivity contribution in [2.45, 2.75) is 57.1 Å². The Balaban J connectivity index is 1.21. The van der Waals surface area contributed by atoms with Gasteiger partial charge < -0.3 is 25.0 Å². The van der Waals surface area contributed by atoms with Gasteiger partial charge >= 0.3 is 0 Å². The zero-order valence-corrected chi connectivity index (χ0v) is 29.5. The number of ether oxygens (including phenoxy) is 2. The second kappa shape index (κ2) is 17.0. The highest BCUT2D eigenvalue weighted by molar-refractivity contribution is 5.94. The van der Waals surface area contributed by atoms with Crippen molar-refractivity contribution >= 4 is 5.91 Å². The average Bonchev–Trinajstić information content (AvgIpc) is 3.21. The van der Waals surface area contributed by atoms with E-state index in [0.29, 0.717) is 24.1 Å². The molecule has 1 fully saturated rings. The van der Waals surface area contributed by atoms with Crippen LogP contribution in [0.4, 0.5) is 22.0 Å². The predicted molar refractivity (Wildman–Crippen MR) is 191 cm³/mol. The lowest BCUT2D eigenvalue weighted by Crippen LogP contribution is -2.43. The van der Waals surface area contributed by atoms with Crippen LogP contribution in [0.3, 0.4) is 0 Å². The van der Waals surface area contributed by atoms with Crippen LogP contribution in [0, 0.1) is 29.1 Å². The lowest BCUT2D eigenvalue weighted by atomic mass is 9.97. The van der Waals surface area contributed by atoms with Crippen molar-refractivity contribution in [2.75, 3.05) is 13.6 Å². The number of carbonyl (C=O) groups excluding carboxylic acids is 1. The van der Waals surface area contributed by atoms with E-state index >= 15 is 0 Å². The summed E-state index contributed by atoms with van der Waals surface area (Å²) in [6, 6.07) is 31.2. The summed E-state index contributed by atoms with van der Waals surface area (Å²) in [5, 5.41) is 22.9. The molecular weight excluding hydrogens is 707 g/mol. The van der Waals surface area contributed by atoms with Gasteiger partial charge in [-0.1, -0.05) is 91.0 Å². The molecule has 0 spiro atoms. The summed E-state index contributed by atoms with van der Waals surface area (Å²) < 4.78 is 82.4. The number of aliphatic hydroxyl groups is 2. The third-order valence-corrected chi connectivity index (χ3v) is 9.71. The molecule has 0 aromatic heterocycles. The number of aliphatic hydroxyl groups excluding tert-OH is 2. The summed E-state index contributed by atoms with van der Waals surface area (Å²) in [6.07, 6.45) is -1.61. The number of rotatable bonds is 12. The Bertz CT molecular complexity index is 2060. The number of hydrogen-bond donors (Lipinski definition) is 3. The number of benzene rings is 5. The van der Waals surface area contributed by atoms with E-state index in [0.717, 1.165) is 27.8 Å². The maximum atomic E-state index is 14.2. The maximum Gasteiger partial charge on any atom is 0.257 e. The first-order valence-corrected chi connectivity index (χ1v) is 17.4. The van der Waals surface area contributed by atoms with Crippen molar-refractivity contribution in [2.24, 2.45) is 0 Å². The summed E-state index contributed by atoms with van der Waals surface area (Å²) in [6.45, 7) is 2.11. The Morgan fingerprint density at radius 2 is 1.41 bits per heavy atom. The van der Waals surface area contributed by atoms with Gasteiger partial charge in [-0.15, -0.1) is 0 Å². The number of amides is 1. The van der Waals surface area contributed by atoms with Crippen LogP contribution < -0.4 is 5.32 Å². The van der Waals surface area contributed by atoms with Gasteiger partial charge in [-0.2, -0.15) is 0 Å². The molecule has 5 atom stereocenters. The zero-order valence-electron chi connectivity index (χ0n) is 29.5. The van der Waals surface area contributed by atoms with Gasteiger partial charge in [-0.25, -0.2) is 22.0 Å². The van der Waals surface area contributed by atoms with Crippen molar-refractivity contribution < 1.29 is 46.4 Å². The Morgan fingerprint density at radius 1 is 0.778 bits per heavy atom. The highest BCUT2D eigenvalue weighted by atomic mass is 19.2. The largest absolute Gasteiger partial charge is 0.392 e. The van der Waals surface area contributed by atoms with Crippen LogP contribution in [0.5, 0.6) is 0 Å². The molecule has 282 valence electrons. The van der Waals surface area contributed by atoms with Crippen molar-refractivity contribution in [3.63, 3.8) is 0 Å². The second-order valence-corrected chi connectivity index (χ2v) is 13.3. The molecule has 0 saturated carbocycles. The van der Waals surface area contributed by atoms with E-state index in [9.17, 15) is 37.0 Å². The minimum Gasteiger partial charge on any atom is -0.392 e. The van der Waals surface area contributed by atoms with E-state index in [4.69, 9.17) is 9.47 Å². The lowest BCUT2D eigenvalue weighted by molar-refractivity contribution is -0.253. The van der Waals surface area contributed by atoms with Crippen LogP contribution in [-0.4, -0.2) is 46.8 Å². The summed E-state index contributed by atoms with van der Waals surface area (Å²) in [7, 11) is 1.94. The fraction of sp³-hybridized carbons (Fsp3) is 0.262. The van der Waals surface area contributed by atoms with Crippen molar-refractivity contribution in [1.82, 2.24) is 10.2 Å². The van der Waals surface area contributed by atoms with Crippen LogP contribution in [0.25, 0.3) is 11.1 Å². The standard InChI is InChI=1S/C42H39F5N2O5/c1-24(40(51)28-9-4-3-5-10-28)49(2)22-32-20-33(27-16-14-25(23-50)15-17-27)54-42(53-32)31-13-7-12-30(19-31)29-11-6-8-26(18-29)21-48-41(52)34-35(43)37(45)39(47)38(46)36(34)44/h3-19,24,32-33,40,42,50-51H,20-23H2,1-2H3,(H,48,52)/t24-,32-,33+,40-,42+/m0/s1. The van der Waals surface area contributed by atoms with Crippen LogP contribution in [-0.2, 0) is 22.6 Å². The highest BCUT2D eigenvalue weighted by Crippen LogP contribution is 2.39. The Labute approximate surface area is 309 Å². The maximum absolute atomic E-state index is 14.2. The molecule has 5 aromatic rings. The highest BCUT2D eigenvalue weighted by Gasteiger charge is 2.34. The van der Waals surface area contributed by atoms with Gasteiger partial charge in [0.05, 0.1) is 24.9 Å².